The van der Waals surface area contributed by atoms with Crippen molar-refractivity contribution in [3.63, 3.8) is 0 Å². The fraction of sp³-hybridized carbons (Fsp3) is 0.593. The zero-order valence-electron chi connectivity index (χ0n) is 21.1. The van der Waals surface area contributed by atoms with Gasteiger partial charge in [0.05, 0.1) is 38.6 Å². The summed E-state index contributed by atoms with van der Waals surface area (Å²) in [5, 5.41) is 0. The van der Waals surface area contributed by atoms with Crippen molar-refractivity contribution >= 4 is 11.9 Å². The number of halogens is 1. The van der Waals surface area contributed by atoms with Gasteiger partial charge in [-0.25, -0.2) is 14.4 Å². The minimum absolute atomic E-state index is 0.0652. The van der Waals surface area contributed by atoms with Crippen LogP contribution in [0.1, 0.15) is 31.2 Å². The molecule has 2 saturated heterocycles. The number of anilines is 1. The molecule has 1 aliphatic carbocycles. The Labute approximate surface area is 211 Å². The van der Waals surface area contributed by atoms with E-state index in [1.165, 1.54) is 12.5 Å². The van der Waals surface area contributed by atoms with Gasteiger partial charge in [0.25, 0.3) is 0 Å². The molecule has 1 aromatic heterocycles. The van der Waals surface area contributed by atoms with Gasteiger partial charge in [0, 0.05) is 39.4 Å². The number of rotatable bonds is 10. The zero-order chi connectivity index (χ0) is 25.1. The zero-order valence-corrected chi connectivity index (χ0v) is 21.1. The fourth-order valence-corrected chi connectivity index (χ4v) is 5.44. The number of ether oxygens (including phenoxy) is 3. The Morgan fingerprint density at radius 1 is 1.11 bits per heavy atom. The van der Waals surface area contributed by atoms with Crippen molar-refractivity contribution in [3.05, 3.63) is 42.0 Å². The number of hydrogen-bond donors (Lipinski definition) is 0. The largest absolute Gasteiger partial charge is 0.494 e. The van der Waals surface area contributed by atoms with Crippen LogP contribution >= 0.6 is 0 Å². The number of carbonyl (C=O) groups excluding carboxylic acids is 1. The van der Waals surface area contributed by atoms with E-state index in [1.54, 1.807) is 43.6 Å². The minimum Gasteiger partial charge on any atom is -0.494 e. The monoisotopic (exact) mass is 498 g/mol. The fourth-order valence-electron chi connectivity index (χ4n) is 5.44. The molecule has 1 saturated carbocycles. The van der Waals surface area contributed by atoms with Crippen LogP contribution in [-0.2, 0) is 16.0 Å². The van der Waals surface area contributed by atoms with Crippen molar-refractivity contribution in [3.8, 4) is 11.5 Å². The molecule has 2 aliphatic heterocycles. The summed E-state index contributed by atoms with van der Waals surface area (Å²) < 4.78 is 30.7. The highest BCUT2D eigenvalue weighted by molar-refractivity contribution is 5.79. The molecular formula is C27H35FN4O4. The summed E-state index contributed by atoms with van der Waals surface area (Å²) in [4.78, 5) is 25.1. The first kappa shape index (κ1) is 24.7. The van der Waals surface area contributed by atoms with E-state index in [-0.39, 0.29) is 24.2 Å². The summed E-state index contributed by atoms with van der Waals surface area (Å²) in [6, 6.07) is 4.83. The SMILES string of the molecule is COc1cnc(N2CCC([C@H]3C[C@H]3CCOc3ccc(CC(=O)N4CC(OC)C4)c(F)c3)CC2)nc1. The lowest BCUT2D eigenvalue weighted by molar-refractivity contribution is -0.142. The number of piperidine rings is 1. The second-order valence-electron chi connectivity index (χ2n) is 10.1. The molecule has 0 unspecified atom stereocenters. The van der Waals surface area contributed by atoms with Crippen molar-refractivity contribution in [2.24, 2.45) is 17.8 Å². The molecule has 1 aromatic carbocycles. The van der Waals surface area contributed by atoms with Gasteiger partial charge >= 0.3 is 0 Å². The van der Waals surface area contributed by atoms with Crippen LogP contribution in [0.5, 0.6) is 11.5 Å². The van der Waals surface area contributed by atoms with Crippen molar-refractivity contribution in [1.82, 2.24) is 14.9 Å². The van der Waals surface area contributed by atoms with Gasteiger partial charge in [0.1, 0.15) is 11.6 Å². The van der Waals surface area contributed by atoms with E-state index in [0.717, 1.165) is 50.1 Å². The summed E-state index contributed by atoms with van der Waals surface area (Å²) in [5.41, 5.74) is 0.404. The molecule has 5 rings (SSSR count). The highest BCUT2D eigenvalue weighted by Crippen LogP contribution is 2.49. The molecular weight excluding hydrogens is 463 g/mol. The van der Waals surface area contributed by atoms with Crippen LogP contribution in [0.3, 0.4) is 0 Å². The molecule has 8 nitrogen and oxygen atoms in total. The third-order valence-electron chi connectivity index (χ3n) is 7.91. The Bertz CT molecular complexity index is 1040. The van der Waals surface area contributed by atoms with E-state index in [9.17, 15) is 9.18 Å². The summed E-state index contributed by atoms with van der Waals surface area (Å²) in [6.45, 7) is 3.71. The summed E-state index contributed by atoms with van der Waals surface area (Å²) in [7, 11) is 3.25. The standard InChI is InChI=1S/C27H35FN4O4/c1-34-22-14-29-27(30-15-22)31-8-5-18(6-9-31)24-11-19(24)7-10-36-21-4-3-20(25(28)13-21)12-26(33)32-16-23(17-32)35-2/h3-4,13-15,18-19,23-24H,5-12,16-17H2,1-2H3/t19-,24-/m1/s1. The topological polar surface area (TPSA) is 77.0 Å². The normalized spacial score (nSPS) is 22.3. The molecule has 3 aliphatic rings. The lowest BCUT2D eigenvalue weighted by Crippen LogP contribution is -2.54. The number of methoxy groups -OCH3 is 2. The number of amides is 1. The first-order chi connectivity index (χ1) is 17.5. The maximum Gasteiger partial charge on any atom is 0.227 e. The number of nitrogens with zero attached hydrogens (tertiary/aromatic N) is 4. The maximum absolute atomic E-state index is 14.5. The quantitative estimate of drug-likeness (QED) is 0.497. The van der Waals surface area contributed by atoms with Gasteiger partial charge < -0.3 is 24.0 Å². The number of benzene rings is 1. The Hall–Kier alpha value is -2.94. The maximum atomic E-state index is 14.5. The van der Waals surface area contributed by atoms with Gasteiger partial charge in [-0.2, -0.15) is 0 Å². The molecule has 0 radical (unpaired) electrons. The Morgan fingerprint density at radius 3 is 2.53 bits per heavy atom. The van der Waals surface area contributed by atoms with Crippen molar-refractivity contribution < 1.29 is 23.4 Å². The van der Waals surface area contributed by atoms with Gasteiger partial charge in [-0.1, -0.05) is 6.07 Å². The predicted molar refractivity (Wildman–Crippen MR) is 133 cm³/mol. The van der Waals surface area contributed by atoms with Crippen molar-refractivity contribution in [2.45, 2.75) is 38.2 Å². The van der Waals surface area contributed by atoms with Crippen LogP contribution in [0.2, 0.25) is 0 Å². The number of hydrogen-bond acceptors (Lipinski definition) is 7. The van der Waals surface area contributed by atoms with Gasteiger partial charge in [-0.05, 0) is 55.1 Å². The van der Waals surface area contributed by atoms with Crippen LogP contribution in [-0.4, -0.2) is 73.9 Å². The lowest BCUT2D eigenvalue weighted by atomic mass is 9.90. The molecule has 0 N–H and O–H groups in total. The highest BCUT2D eigenvalue weighted by Gasteiger charge is 2.43. The van der Waals surface area contributed by atoms with Crippen LogP contribution in [0.15, 0.2) is 30.6 Å². The molecule has 0 bridgehead atoms. The molecule has 1 amide bonds. The first-order valence-electron chi connectivity index (χ1n) is 12.9. The second-order valence-corrected chi connectivity index (χ2v) is 10.1. The molecule has 0 spiro atoms. The lowest BCUT2D eigenvalue weighted by Gasteiger charge is -2.38. The molecule has 9 heteroatoms. The number of likely N-dealkylation sites (tertiary alicyclic amines) is 1. The average Bonchev–Trinajstić information content (AvgIpc) is 3.65. The van der Waals surface area contributed by atoms with Crippen molar-refractivity contribution in [2.75, 3.05) is 51.9 Å². The predicted octanol–water partition coefficient (Wildman–Crippen LogP) is 3.35. The number of aromatic nitrogens is 2. The van der Waals surface area contributed by atoms with E-state index < -0.39 is 0 Å². The first-order valence-corrected chi connectivity index (χ1v) is 12.9. The average molecular weight is 499 g/mol. The smallest absolute Gasteiger partial charge is 0.227 e. The van der Waals surface area contributed by atoms with Crippen molar-refractivity contribution in [1.29, 1.82) is 0 Å². The third-order valence-corrected chi connectivity index (χ3v) is 7.91. The highest BCUT2D eigenvalue weighted by atomic mass is 19.1. The molecule has 2 aromatic rings. The van der Waals surface area contributed by atoms with Crippen LogP contribution in [0.25, 0.3) is 0 Å². The summed E-state index contributed by atoms with van der Waals surface area (Å²) in [5.74, 6) is 3.71. The van der Waals surface area contributed by atoms with Crippen LogP contribution in [0, 0.1) is 23.6 Å². The van der Waals surface area contributed by atoms with E-state index >= 15 is 0 Å². The Balaban J connectivity index is 1.01. The number of carbonyl (C=O) groups is 1. The van der Waals surface area contributed by atoms with E-state index in [4.69, 9.17) is 14.2 Å². The minimum atomic E-state index is -0.387. The Morgan fingerprint density at radius 2 is 1.86 bits per heavy atom. The molecule has 36 heavy (non-hydrogen) atoms. The Kier molecular flexibility index (Phi) is 7.55. The van der Waals surface area contributed by atoms with E-state index in [1.807, 2.05) is 0 Å². The van der Waals surface area contributed by atoms with Gasteiger partial charge in [-0.3, -0.25) is 4.79 Å². The van der Waals surface area contributed by atoms with Gasteiger partial charge in [-0.15, -0.1) is 0 Å². The van der Waals surface area contributed by atoms with Gasteiger partial charge in [0.2, 0.25) is 11.9 Å². The molecule has 2 atom stereocenters. The molecule has 3 fully saturated rings. The molecule has 3 heterocycles. The summed E-state index contributed by atoms with van der Waals surface area (Å²) >= 11 is 0. The molecule has 194 valence electrons. The van der Waals surface area contributed by atoms with E-state index in [0.29, 0.717) is 42.7 Å². The summed E-state index contributed by atoms with van der Waals surface area (Å²) in [6.07, 6.45) is 8.16. The third kappa shape index (κ3) is 5.72. The van der Waals surface area contributed by atoms with Gasteiger partial charge in [0.15, 0.2) is 5.75 Å². The van der Waals surface area contributed by atoms with Crippen LogP contribution in [0.4, 0.5) is 10.3 Å². The second kappa shape index (κ2) is 11.0. The van der Waals surface area contributed by atoms with E-state index in [2.05, 4.69) is 14.9 Å². The van der Waals surface area contributed by atoms with Crippen LogP contribution < -0.4 is 14.4 Å².